The maximum absolute atomic E-state index is 12.0. The molecule has 0 aromatic heterocycles. The first-order chi connectivity index (χ1) is 7.89. The van der Waals surface area contributed by atoms with Gasteiger partial charge in [-0.05, 0) is 31.5 Å². The fourth-order valence-electron chi connectivity index (χ4n) is 1.25. The van der Waals surface area contributed by atoms with Crippen molar-refractivity contribution >= 4 is 16.1 Å². The largest absolute Gasteiger partial charge is 0.449 e. The molecule has 0 heterocycles. The molecule has 94 valence electrons. The molecule has 1 aromatic carbocycles. The molecule has 0 aliphatic rings. The number of hydrogen-bond donors (Lipinski definition) is 0. The van der Waals surface area contributed by atoms with E-state index >= 15 is 0 Å². The molecule has 1 rings (SSSR count). The predicted molar refractivity (Wildman–Crippen MR) is 63.1 cm³/mol. The van der Waals surface area contributed by atoms with Gasteiger partial charge in [0.1, 0.15) is 0 Å². The van der Waals surface area contributed by atoms with Gasteiger partial charge in [0.2, 0.25) is 0 Å². The second kappa shape index (κ2) is 5.18. The van der Waals surface area contributed by atoms with Crippen molar-refractivity contribution in [2.45, 2.75) is 18.7 Å². The van der Waals surface area contributed by atoms with Crippen LogP contribution in [0.1, 0.15) is 12.5 Å². The van der Waals surface area contributed by atoms with E-state index in [0.717, 1.165) is 5.56 Å². The number of rotatable bonds is 3. The summed E-state index contributed by atoms with van der Waals surface area (Å²) in [5, 5.41) is 0. The summed E-state index contributed by atoms with van der Waals surface area (Å²) in [6.45, 7) is 3.53. The van der Waals surface area contributed by atoms with Gasteiger partial charge < -0.3 is 4.74 Å². The molecule has 0 fully saturated rings. The fraction of sp³-hybridized carbons (Fsp3) is 0.364. The van der Waals surface area contributed by atoms with Crippen LogP contribution in [0.15, 0.2) is 29.2 Å². The number of benzene rings is 1. The van der Waals surface area contributed by atoms with E-state index in [4.69, 9.17) is 0 Å². The molecule has 1 aromatic rings. The first kappa shape index (κ1) is 13.5. The molecular weight excluding hydrogens is 242 g/mol. The SMILES string of the molecule is CCOC(=O)N(C)S(=O)(=O)c1cccc(C)c1. The Kier molecular flexibility index (Phi) is 4.11. The maximum atomic E-state index is 12.0. The number of aryl methyl sites for hydroxylation is 1. The quantitative estimate of drug-likeness (QED) is 0.828. The van der Waals surface area contributed by atoms with Crippen molar-refractivity contribution in [2.75, 3.05) is 13.7 Å². The molecule has 0 saturated heterocycles. The summed E-state index contributed by atoms with van der Waals surface area (Å²) in [7, 11) is -2.65. The third kappa shape index (κ3) is 2.97. The van der Waals surface area contributed by atoms with Crippen LogP contribution in [-0.2, 0) is 14.8 Å². The molecule has 1 amide bonds. The standard InChI is InChI=1S/C11H15NO4S/c1-4-16-11(13)12(3)17(14,15)10-7-5-6-9(2)8-10/h5-8H,4H2,1-3H3. The number of carbonyl (C=O) groups is 1. The minimum Gasteiger partial charge on any atom is -0.449 e. The zero-order chi connectivity index (χ0) is 13.1. The van der Waals surface area contributed by atoms with E-state index in [1.807, 2.05) is 0 Å². The van der Waals surface area contributed by atoms with Crippen LogP contribution in [0.25, 0.3) is 0 Å². The van der Waals surface area contributed by atoms with Crippen LogP contribution in [0, 0.1) is 6.92 Å². The van der Waals surface area contributed by atoms with Crippen molar-refractivity contribution in [1.29, 1.82) is 0 Å². The molecule has 0 unspecified atom stereocenters. The average Bonchev–Trinajstić information content (AvgIpc) is 2.28. The van der Waals surface area contributed by atoms with Crippen molar-refractivity contribution in [2.24, 2.45) is 0 Å². The number of sulfonamides is 1. The summed E-state index contributed by atoms with van der Waals surface area (Å²) in [5.74, 6) is 0. The van der Waals surface area contributed by atoms with Gasteiger partial charge >= 0.3 is 6.09 Å². The molecule has 17 heavy (non-hydrogen) atoms. The zero-order valence-corrected chi connectivity index (χ0v) is 10.8. The van der Waals surface area contributed by atoms with Gasteiger partial charge in [-0.25, -0.2) is 17.5 Å². The summed E-state index contributed by atoms with van der Waals surface area (Å²) in [6, 6.07) is 6.35. The molecule has 0 aliphatic heterocycles. The van der Waals surface area contributed by atoms with Crippen LogP contribution in [-0.4, -0.2) is 32.5 Å². The Morgan fingerprint density at radius 1 is 1.41 bits per heavy atom. The van der Waals surface area contributed by atoms with E-state index in [1.54, 1.807) is 26.0 Å². The first-order valence-electron chi connectivity index (χ1n) is 5.12. The highest BCUT2D eigenvalue weighted by Gasteiger charge is 2.26. The lowest BCUT2D eigenvalue weighted by Crippen LogP contribution is -2.33. The molecule has 0 radical (unpaired) electrons. The van der Waals surface area contributed by atoms with E-state index < -0.39 is 16.1 Å². The monoisotopic (exact) mass is 257 g/mol. The predicted octanol–water partition coefficient (Wildman–Crippen LogP) is 1.77. The number of amides is 1. The smallest absolute Gasteiger partial charge is 0.423 e. The molecule has 5 nitrogen and oxygen atoms in total. The van der Waals surface area contributed by atoms with E-state index in [1.165, 1.54) is 19.2 Å². The molecule has 0 N–H and O–H groups in total. The summed E-state index contributed by atoms with van der Waals surface area (Å²) >= 11 is 0. The van der Waals surface area contributed by atoms with Gasteiger partial charge in [-0.15, -0.1) is 0 Å². The number of ether oxygens (including phenoxy) is 1. The van der Waals surface area contributed by atoms with Crippen LogP contribution >= 0.6 is 0 Å². The van der Waals surface area contributed by atoms with E-state index in [0.29, 0.717) is 4.31 Å². The maximum Gasteiger partial charge on any atom is 0.423 e. The highest BCUT2D eigenvalue weighted by atomic mass is 32.2. The second-order valence-corrected chi connectivity index (χ2v) is 5.46. The average molecular weight is 257 g/mol. The van der Waals surface area contributed by atoms with Crippen molar-refractivity contribution < 1.29 is 17.9 Å². The van der Waals surface area contributed by atoms with Gasteiger partial charge in [-0.2, -0.15) is 0 Å². The topological polar surface area (TPSA) is 63.7 Å². The van der Waals surface area contributed by atoms with Crippen molar-refractivity contribution in [1.82, 2.24) is 4.31 Å². The van der Waals surface area contributed by atoms with Gasteiger partial charge in [0.15, 0.2) is 0 Å². The Hall–Kier alpha value is -1.56. The summed E-state index contributed by atoms with van der Waals surface area (Å²) in [4.78, 5) is 11.4. The molecule has 0 atom stereocenters. The number of nitrogens with zero attached hydrogens (tertiary/aromatic N) is 1. The Balaban J connectivity index is 3.07. The van der Waals surface area contributed by atoms with Crippen molar-refractivity contribution in [3.8, 4) is 0 Å². The van der Waals surface area contributed by atoms with E-state index in [9.17, 15) is 13.2 Å². The van der Waals surface area contributed by atoms with Gasteiger partial charge in [0.05, 0.1) is 11.5 Å². The molecular formula is C11H15NO4S. The van der Waals surface area contributed by atoms with Crippen molar-refractivity contribution in [3.05, 3.63) is 29.8 Å². The van der Waals surface area contributed by atoms with Crippen LogP contribution < -0.4 is 0 Å². The highest BCUT2D eigenvalue weighted by molar-refractivity contribution is 7.89. The Morgan fingerprint density at radius 3 is 2.59 bits per heavy atom. The minimum absolute atomic E-state index is 0.0769. The highest BCUT2D eigenvalue weighted by Crippen LogP contribution is 2.16. The molecule has 0 aliphatic carbocycles. The first-order valence-corrected chi connectivity index (χ1v) is 6.56. The van der Waals surface area contributed by atoms with Crippen molar-refractivity contribution in [3.63, 3.8) is 0 Å². The van der Waals surface area contributed by atoms with Gasteiger partial charge in [-0.1, -0.05) is 12.1 Å². The van der Waals surface area contributed by atoms with Gasteiger partial charge in [-0.3, -0.25) is 0 Å². The van der Waals surface area contributed by atoms with Crippen LogP contribution in [0.5, 0.6) is 0 Å². The molecule has 0 bridgehead atoms. The number of carbonyl (C=O) groups excluding carboxylic acids is 1. The summed E-state index contributed by atoms with van der Waals surface area (Å²) in [5.41, 5.74) is 0.809. The summed E-state index contributed by atoms with van der Waals surface area (Å²) in [6.07, 6.45) is -0.881. The van der Waals surface area contributed by atoms with Crippen LogP contribution in [0.4, 0.5) is 4.79 Å². The lowest BCUT2D eigenvalue weighted by Gasteiger charge is -2.16. The van der Waals surface area contributed by atoms with Crippen LogP contribution in [0.3, 0.4) is 0 Å². The van der Waals surface area contributed by atoms with Gasteiger partial charge in [0.25, 0.3) is 10.0 Å². The minimum atomic E-state index is -3.82. The third-order valence-corrected chi connectivity index (χ3v) is 3.89. The molecule has 0 spiro atoms. The normalized spacial score (nSPS) is 11.0. The molecule has 0 saturated carbocycles. The zero-order valence-electron chi connectivity index (χ0n) is 10.0. The Bertz CT molecular complexity index is 510. The molecule has 6 heteroatoms. The van der Waals surface area contributed by atoms with Gasteiger partial charge in [0, 0.05) is 7.05 Å². The lowest BCUT2D eigenvalue weighted by atomic mass is 10.2. The third-order valence-electron chi connectivity index (χ3n) is 2.17. The second-order valence-electron chi connectivity index (χ2n) is 3.49. The fourth-order valence-corrected chi connectivity index (χ4v) is 2.40. The summed E-state index contributed by atoms with van der Waals surface area (Å²) < 4.78 is 29.3. The lowest BCUT2D eigenvalue weighted by molar-refractivity contribution is 0.136. The number of hydrogen-bond acceptors (Lipinski definition) is 4. The van der Waals surface area contributed by atoms with E-state index in [-0.39, 0.29) is 11.5 Å². The Morgan fingerprint density at radius 2 is 2.06 bits per heavy atom. The Labute approximate surface area is 101 Å². The van der Waals surface area contributed by atoms with Crippen LogP contribution in [0.2, 0.25) is 0 Å². The van der Waals surface area contributed by atoms with E-state index in [2.05, 4.69) is 4.74 Å².